The van der Waals surface area contributed by atoms with Gasteiger partial charge >= 0.3 is 0 Å². The summed E-state index contributed by atoms with van der Waals surface area (Å²) in [7, 11) is 1.57. The van der Waals surface area contributed by atoms with Gasteiger partial charge in [-0.3, -0.25) is 0 Å². The van der Waals surface area contributed by atoms with Gasteiger partial charge in [-0.05, 0) is 18.4 Å². The highest BCUT2D eigenvalue weighted by atomic mass is 16.7. The van der Waals surface area contributed by atoms with Crippen molar-refractivity contribution in [2.75, 3.05) is 7.11 Å². The first-order valence-corrected chi connectivity index (χ1v) is 6.12. The van der Waals surface area contributed by atoms with E-state index in [0.717, 1.165) is 12.8 Å². The number of aryl methyl sites for hydroxylation is 1. The quantitative estimate of drug-likeness (QED) is 0.869. The summed E-state index contributed by atoms with van der Waals surface area (Å²) < 4.78 is 10.8. The van der Waals surface area contributed by atoms with E-state index < -0.39 is 12.4 Å². The van der Waals surface area contributed by atoms with Crippen LogP contribution in [-0.4, -0.2) is 30.7 Å². The van der Waals surface area contributed by atoms with Gasteiger partial charge in [0.2, 0.25) is 0 Å². The molecule has 0 bridgehead atoms. The van der Waals surface area contributed by atoms with Crippen LogP contribution in [0.1, 0.15) is 18.9 Å². The summed E-state index contributed by atoms with van der Waals surface area (Å²) in [5, 5.41) is 9.88. The molecule has 94 valence electrons. The van der Waals surface area contributed by atoms with Crippen LogP contribution >= 0.6 is 0 Å². The van der Waals surface area contributed by atoms with Crippen LogP contribution in [0.2, 0.25) is 0 Å². The van der Waals surface area contributed by atoms with Crippen molar-refractivity contribution in [3.8, 4) is 0 Å². The highest BCUT2D eigenvalue weighted by molar-refractivity contribution is 5.14. The smallest absolute Gasteiger partial charge is 0.183 e. The minimum absolute atomic E-state index is 0.0788. The van der Waals surface area contributed by atoms with Crippen molar-refractivity contribution in [2.45, 2.75) is 38.3 Å². The predicted molar refractivity (Wildman–Crippen MR) is 65.6 cm³/mol. The Morgan fingerprint density at radius 3 is 2.59 bits per heavy atom. The number of hydrogen-bond acceptors (Lipinski definition) is 3. The Morgan fingerprint density at radius 2 is 2.00 bits per heavy atom. The minimum atomic E-state index is -0.513. The fraction of sp³-hybridized carbons (Fsp3) is 0.571. The van der Waals surface area contributed by atoms with Gasteiger partial charge in [0.05, 0.1) is 6.10 Å². The number of rotatable bonds is 4. The Hall–Kier alpha value is -0.900. The standard InChI is InChI=1S/C14H20O3/c1-10-12(17-14(16-2)13(10)15)9-8-11-6-4-3-5-7-11/h3-7,10,12-15H,8-9H2,1-2H3/t10-,12+,13+,14-/m0/s1. The maximum absolute atomic E-state index is 9.88. The molecule has 1 N–H and O–H groups in total. The van der Waals surface area contributed by atoms with Crippen molar-refractivity contribution in [1.82, 2.24) is 0 Å². The van der Waals surface area contributed by atoms with E-state index in [1.54, 1.807) is 7.11 Å². The van der Waals surface area contributed by atoms with E-state index in [1.807, 2.05) is 25.1 Å². The fourth-order valence-electron chi connectivity index (χ4n) is 2.32. The zero-order chi connectivity index (χ0) is 12.3. The molecule has 3 nitrogen and oxygen atoms in total. The van der Waals surface area contributed by atoms with Gasteiger partial charge in [-0.25, -0.2) is 0 Å². The Balaban J connectivity index is 1.88. The summed E-state index contributed by atoms with van der Waals surface area (Å²) in [5.74, 6) is 0.128. The molecular weight excluding hydrogens is 216 g/mol. The third-order valence-electron chi connectivity index (χ3n) is 3.51. The first-order valence-electron chi connectivity index (χ1n) is 6.12. The Kier molecular flexibility index (Phi) is 4.15. The van der Waals surface area contributed by atoms with Crippen LogP contribution in [0.3, 0.4) is 0 Å². The summed E-state index contributed by atoms with van der Waals surface area (Å²) in [6, 6.07) is 10.3. The molecule has 0 aliphatic carbocycles. The molecule has 0 amide bonds. The summed E-state index contributed by atoms with van der Waals surface area (Å²) >= 11 is 0. The van der Waals surface area contributed by atoms with E-state index in [2.05, 4.69) is 12.1 Å². The number of ether oxygens (including phenoxy) is 2. The molecule has 2 rings (SSSR count). The van der Waals surface area contributed by atoms with Crippen LogP contribution in [0.4, 0.5) is 0 Å². The number of benzene rings is 1. The Bertz CT molecular complexity index is 339. The summed E-state index contributed by atoms with van der Waals surface area (Å²) in [5.41, 5.74) is 1.30. The lowest BCUT2D eigenvalue weighted by Gasteiger charge is -2.14. The van der Waals surface area contributed by atoms with Gasteiger partial charge in [-0.2, -0.15) is 0 Å². The molecule has 1 heterocycles. The number of methoxy groups -OCH3 is 1. The van der Waals surface area contributed by atoms with Gasteiger partial charge in [0.1, 0.15) is 6.10 Å². The number of aliphatic hydroxyl groups is 1. The maximum Gasteiger partial charge on any atom is 0.183 e. The highest BCUT2D eigenvalue weighted by Crippen LogP contribution is 2.29. The molecule has 1 fully saturated rings. The van der Waals surface area contributed by atoms with E-state index >= 15 is 0 Å². The van der Waals surface area contributed by atoms with E-state index in [1.165, 1.54) is 5.56 Å². The first-order chi connectivity index (χ1) is 8.22. The summed E-state index contributed by atoms with van der Waals surface area (Å²) in [6.07, 6.45) is 0.989. The molecule has 0 spiro atoms. The van der Waals surface area contributed by atoms with Crippen molar-refractivity contribution in [2.24, 2.45) is 5.92 Å². The lowest BCUT2D eigenvalue weighted by Crippen LogP contribution is -2.26. The van der Waals surface area contributed by atoms with Crippen LogP contribution in [-0.2, 0) is 15.9 Å². The predicted octanol–water partition coefficient (Wildman–Crippen LogP) is 1.99. The number of aliphatic hydroxyl groups excluding tert-OH is 1. The Labute approximate surface area is 102 Å². The summed E-state index contributed by atoms with van der Waals surface area (Å²) in [4.78, 5) is 0. The number of hydrogen-bond donors (Lipinski definition) is 1. The van der Waals surface area contributed by atoms with Crippen LogP contribution in [0.15, 0.2) is 30.3 Å². The SMILES string of the molecule is CO[C@H]1O[C@H](CCc2ccccc2)[C@H](C)[C@H]1O. The highest BCUT2D eigenvalue weighted by Gasteiger charge is 2.40. The van der Waals surface area contributed by atoms with E-state index in [9.17, 15) is 5.11 Å². The topological polar surface area (TPSA) is 38.7 Å². The lowest BCUT2D eigenvalue weighted by molar-refractivity contribution is -0.148. The van der Waals surface area contributed by atoms with Crippen LogP contribution in [0, 0.1) is 5.92 Å². The fourth-order valence-corrected chi connectivity index (χ4v) is 2.32. The molecule has 0 aromatic heterocycles. The average Bonchev–Trinajstić information content (AvgIpc) is 2.65. The summed E-state index contributed by atoms with van der Waals surface area (Å²) in [6.45, 7) is 2.01. The molecule has 1 aliphatic heterocycles. The van der Waals surface area contributed by atoms with Gasteiger partial charge in [-0.1, -0.05) is 37.3 Å². The van der Waals surface area contributed by atoms with Crippen molar-refractivity contribution in [1.29, 1.82) is 0 Å². The first kappa shape index (κ1) is 12.6. The molecule has 0 unspecified atom stereocenters. The molecule has 1 aromatic rings. The zero-order valence-electron chi connectivity index (χ0n) is 10.4. The second-order valence-corrected chi connectivity index (χ2v) is 4.65. The molecule has 4 atom stereocenters. The molecule has 0 saturated carbocycles. The van der Waals surface area contributed by atoms with Gasteiger partial charge < -0.3 is 14.6 Å². The molecule has 3 heteroatoms. The Morgan fingerprint density at radius 1 is 1.29 bits per heavy atom. The molecule has 1 aromatic carbocycles. The molecule has 1 saturated heterocycles. The third-order valence-corrected chi connectivity index (χ3v) is 3.51. The van der Waals surface area contributed by atoms with Gasteiger partial charge in [-0.15, -0.1) is 0 Å². The van der Waals surface area contributed by atoms with Crippen molar-refractivity contribution in [3.63, 3.8) is 0 Å². The molecule has 17 heavy (non-hydrogen) atoms. The third kappa shape index (κ3) is 2.86. The monoisotopic (exact) mass is 236 g/mol. The minimum Gasteiger partial charge on any atom is -0.387 e. The van der Waals surface area contributed by atoms with Crippen molar-refractivity contribution in [3.05, 3.63) is 35.9 Å². The lowest BCUT2D eigenvalue weighted by atomic mass is 9.96. The second-order valence-electron chi connectivity index (χ2n) is 4.65. The van der Waals surface area contributed by atoms with Gasteiger partial charge in [0, 0.05) is 13.0 Å². The van der Waals surface area contributed by atoms with Crippen LogP contribution < -0.4 is 0 Å². The van der Waals surface area contributed by atoms with Gasteiger partial charge in [0.25, 0.3) is 0 Å². The van der Waals surface area contributed by atoms with Crippen molar-refractivity contribution >= 4 is 0 Å². The molecular formula is C14H20O3. The maximum atomic E-state index is 9.88. The second kappa shape index (κ2) is 5.63. The van der Waals surface area contributed by atoms with Gasteiger partial charge in [0.15, 0.2) is 6.29 Å². The van der Waals surface area contributed by atoms with E-state index in [-0.39, 0.29) is 12.0 Å². The van der Waals surface area contributed by atoms with E-state index in [0.29, 0.717) is 0 Å². The molecule has 1 aliphatic rings. The molecule has 0 radical (unpaired) electrons. The zero-order valence-corrected chi connectivity index (χ0v) is 10.4. The van der Waals surface area contributed by atoms with E-state index in [4.69, 9.17) is 9.47 Å². The van der Waals surface area contributed by atoms with Crippen LogP contribution in [0.25, 0.3) is 0 Å². The largest absolute Gasteiger partial charge is 0.387 e. The average molecular weight is 236 g/mol. The van der Waals surface area contributed by atoms with Crippen molar-refractivity contribution < 1.29 is 14.6 Å². The normalized spacial score (nSPS) is 32.9. The van der Waals surface area contributed by atoms with Crippen LogP contribution in [0.5, 0.6) is 0 Å².